The van der Waals surface area contributed by atoms with E-state index in [9.17, 15) is 9.18 Å². The number of nitrogens with one attached hydrogen (secondary N) is 1. The lowest BCUT2D eigenvalue weighted by Crippen LogP contribution is -2.35. The minimum atomic E-state index is -0.380. The molecule has 2 aromatic carbocycles. The highest BCUT2D eigenvalue weighted by Gasteiger charge is 2.22. The molecule has 1 aliphatic heterocycles. The maximum absolute atomic E-state index is 12.3. The molecule has 5 heteroatoms. The number of ether oxygens (including phenoxy) is 2. The van der Waals surface area contributed by atoms with Crippen molar-refractivity contribution in [1.29, 1.82) is 0 Å². The summed E-state index contributed by atoms with van der Waals surface area (Å²) in [4.78, 5) is 12.1. The fraction of sp³-hybridized carbons (Fsp3) is 0.316. The first kappa shape index (κ1) is 16.3. The predicted octanol–water partition coefficient (Wildman–Crippen LogP) is 3.22. The predicted molar refractivity (Wildman–Crippen MR) is 89.1 cm³/mol. The molecule has 0 aromatic heterocycles. The SMILES string of the molecule is O=C(COc1ccc(CCF)cc1)NC1CCOc2ccccc21. The molecule has 1 amide bonds. The number of para-hydroxylation sites is 1. The lowest BCUT2D eigenvalue weighted by molar-refractivity contribution is -0.124. The van der Waals surface area contributed by atoms with Gasteiger partial charge in [0.25, 0.3) is 5.91 Å². The van der Waals surface area contributed by atoms with Crippen molar-refractivity contribution in [3.8, 4) is 11.5 Å². The van der Waals surface area contributed by atoms with Gasteiger partial charge < -0.3 is 14.8 Å². The Morgan fingerprint density at radius 3 is 2.79 bits per heavy atom. The van der Waals surface area contributed by atoms with E-state index in [1.807, 2.05) is 36.4 Å². The number of alkyl halides is 1. The molecule has 24 heavy (non-hydrogen) atoms. The van der Waals surface area contributed by atoms with Crippen LogP contribution < -0.4 is 14.8 Å². The average Bonchev–Trinajstić information content (AvgIpc) is 2.62. The number of amides is 1. The number of carbonyl (C=O) groups excluding carboxylic acids is 1. The molecule has 0 bridgehead atoms. The fourth-order valence-electron chi connectivity index (χ4n) is 2.74. The highest BCUT2D eigenvalue weighted by atomic mass is 19.1. The monoisotopic (exact) mass is 329 g/mol. The summed E-state index contributed by atoms with van der Waals surface area (Å²) >= 11 is 0. The van der Waals surface area contributed by atoms with Gasteiger partial charge in [-0.3, -0.25) is 9.18 Å². The van der Waals surface area contributed by atoms with Gasteiger partial charge in [0, 0.05) is 18.4 Å². The third kappa shape index (κ3) is 4.04. The first-order chi connectivity index (χ1) is 11.8. The summed E-state index contributed by atoms with van der Waals surface area (Å²) in [7, 11) is 0. The Hall–Kier alpha value is -2.56. The van der Waals surface area contributed by atoms with Crippen molar-refractivity contribution < 1.29 is 18.7 Å². The summed E-state index contributed by atoms with van der Waals surface area (Å²) < 4.78 is 23.3. The molecular weight excluding hydrogens is 309 g/mol. The highest BCUT2D eigenvalue weighted by molar-refractivity contribution is 5.78. The molecule has 126 valence electrons. The van der Waals surface area contributed by atoms with Crippen LogP contribution in [-0.2, 0) is 11.2 Å². The lowest BCUT2D eigenvalue weighted by atomic mass is 10.0. The molecule has 2 aromatic rings. The van der Waals surface area contributed by atoms with Gasteiger partial charge in [-0.05, 0) is 23.8 Å². The third-order valence-electron chi connectivity index (χ3n) is 3.97. The maximum Gasteiger partial charge on any atom is 0.258 e. The fourth-order valence-corrected chi connectivity index (χ4v) is 2.74. The van der Waals surface area contributed by atoms with Gasteiger partial charge in [0.1, 0.15) is 11.5 Å². The van der Waals surface area contributed by atoms with Crippen LogP contribution in [-0.4, -0.2) is 25.8 Å². The maximum atomic E-state index is 12.3. The Morgan fingerprint density at radius 1 is 1.21 bits per heavy atom. The molecule has 0 saturated carbocycles. The second-order valence-corrected chi connectivity index (χ2v) is 5.67. The number of carbonyl (C=O) groups is 1. The summed E-state index contributed by atoms with van der Waals surface area (Å²) in [5.41, 5.74) is 1.90. The molecule has 1 N–H and O–H groups in total. The first-order valence-electron chi connectivity index (χ1n) is 8.05. The van der Waals surface area contributed by atoms with Gasteiger partial charge in [0.05, 0.1) is 19.3 Å². The summed E-state index contributed by atoms with van der Waals surface area (Å²) in [6.07, 6.45) is 1.13. The first-order valence-corrected chi connectivity index (χ1v) is 8.05. The average molecular weight is 329 g/mol. The Bertz CT molecular complexity index is 687. The van der Waals surface area contributed by atoms with Gasteiger partial charge in [0.15, 0.2) is 6.61 Å². The van der Waals surface area contributed by atoms with Crippen molar-refractivity contribution in [3.63, 3.8) is 0 Å². The van der Waals surface area contributed by atoms with E-state index in [4.69, 9.17) is 9.47 Å². The Balaban J connectivity index is 1.53. The van der Waals surface area contributed by atoms with Crippen LogP contribution in [0.25, 0.3) is 0 Å². The highest BCUT2D eigenvalue weighted by Crippen LogP contribution is 2.31. The van der Waals surface area contributed by atoms with Crippen LogP contribution in [0.15, 0.2) is 48.5 Å². The lowest BCUT2D eigenvalue weighted by Gasteiger charge is -2.26. The summed E-state index contributed by atoms with van der Waals surface area (Å²) in [5, 5.41) is 2.98. The van der Waals surface area contributed by atoms with Gasteiger partial charge >= 0.3 is 0 Å². The van der Waals surface area contributed by atoms with E-state index in [0.29, 0.717) is 18.8 Å². The number of benzene rings is 2. The minimum absolute atomic E-state index is 0.0536. The van der Waals surface area contributed by atoms with Crippen LogP contribution in [0.4, 0.5) is 4.39 Å². The summed E-state index contributed by atoms with van der Waals surface area (Å²) in [5.74, 6) is 1.24. The summed E-state index contributed by atoms with van der Waals surface area (Å²) in [6, 6.07) is 14.8. The molecular formula is C19H20FNO3. The van der Waals surface area contributed by atoms with E-state index in [1.54, 1.807) is 12.1 Å². The molecule has 0 fully saturated rings. The molecule has 3 rings (SSSR count). The van der Waals surface area contributed by atoms with E-state index in [-0.39, 0.29) is 25.2 Å². The molecule has 0 saturated heterocycles. The van der Waals surface area contributed by atoms with Gasteiger partial charge in [-0.15, -0.1) is 0 Å². The van der Waals surface area contributed by atoms with Gasteiger partial charge in [0.2, 0.25) is 0 Å². The summed E-state index contributed by atoms with van der Waals surface area (Å²) in [6.45, 7) is 0.149. The van der Waals surface area contributed by atoms with Gasteiger partial charge in [-0.2, -0.15) is 0 Å². The van der Waals surface area contributed by atoms with Crippen LogP contribution >= 0.6 is 0 Å². The number of rotatable bonds is 6. The molecule has 1 aliphatic rings. The number of aryl methyl sites for hydroxylation is 1. The van der Waals surface area contributed by atoms with Crippen LogP contribution in [0.5, 0.6) is 11.5 Å². The number of hydrogen-bond acceptors (Lipinski definition) is 3. The minimum Gasteiger partial charge on any atom is -0.493 e. The van der Waals surface area contributed by atoms with E-state index in [1.165, 1.54) is 0 Å². The Labute approximate surface area is 140 Å². The molecule has 0 aliphatic carbocycles. The van der Waals surface area contributed by atoms with E-state index >= 15 is 0 Å². The van der Waals surface area contributed by atoms with E-state index in [2.05, 4.69) is 5.32 Å². The van der Waals surface area contributed by atoms with Crippen LogP contribution in [0.2, 0.25) is 0 Å². The normalized spacial score (nSPS) is 16.0. The molecule has 1 atom stereocenters. The zero-order valence-electron chi connectivity index (χ0n) is 13.3. The second-order valence-electron chi connectivity index (χ2n) is 5.67. The van der Waals surface area contributed by atoms with Crippen molar-refractivity contribution in [2.45, 2.75) is 18.9 Å². The largest absolute Gasteiger partial charge is 0.493 e. The van der Waals surface area contributed by atoms with Crippen molar-refractivity contribution in [1.82, 2.24) is 5.32 Å². The zero-order valence-corrected chi connectivity index (χ0v) is 13.3. The van der Waals surface area contributed by atoms with Crippen molar-refractivity contribution in [3.05, 3.63) is 59.7 Å². The van der Waals surface area contributed by atoms with E-state index < -0.39 is 0 Å². The van der Waals surface area contributed by atoms with E-state index in [0.717, 1.165) is 23.3 Å². The molecule has 0 radical (unpaired) electrons. The Morgan fingerprint density at radius 2 is 2.00 bits per heavy atom. The number of fused-ring (bicyclic) bond motifs is 1. The van der Waals surface area contributed by atoms with Gasteiger partial charge in [-0.1, -0.05) is 30.3 Å². The molecule has 0 spiro atoms. The quantitative estimate of drug-likeness (QED) is 0.885. The third-order valence-corrected chi connectivity index (χ3v) is 3.97. The Kier molecular flexibility index (Phi) is 5.31. The number of halogens is 1. The molecule has 4 nitrogen and oxygen atoms in total. The van der Waals surface area contributed by atoms with Crippen molar-refractivity contribution >= 4 is 5.91 Å². The van der Waals surface area contributed by atoms with Crippen LogP contribution in [0.1, 0.15) is 23.6 Å². The van der Waals surface area contributed by atoms with Crippen LogP contribution in [0.3, 0.4) is 0 Å². The zero-order chi connectivity index (χ0) is 16.8. The second kappa shape index (κ2) is 7.81. The number of hydrogen-bond donors (Lipinski definition) is 1. The van der Waals surface area contributed by atoms with Gasteiger partial charge in [-0.25, -0.2) is 0 Å². The molecule has 1 unspecified atom stereocenters. The smallest absolute Gasteiger partial charge is 0.258 e. The standard InChI is InChI=1S/C19H20FNO3/c20-11-9-14-5-7-15(8-6-14)24-13-19(22)21-17-10-12-23-18-4-2-1-3-16(17)18/h1-8,17H,9-13H2,(H,21,22). The van der Waals surface area contributed by atoms with Crippen molar-refractivity contribution in [2.24, 2.45) is 0 Å². The topological polar surface area (TPSA) is 47.6 Å². The molecule has 1 heterocycles. The van der Waals surface area contributed by atoms with Crippen molar-refractivity contribution in [2.75, 3.05) is 19.9 Å². The van der Waals surface area contributed by atoms with Crippen LogP contribution in [0, 0.1) is 0 Å².